The third kappa shape index (κ3) is 3.92. The Morgan fingerprint density at radius 2 is 1.70 bits per heavy atom. The molecule has 0 fully saturated rings. The summed E-state index contributed by atoms with van der Waals surface area (Å²) in [6.45, 7) is 0.534. The Bertz CT molecular complexity index is 1400. The Balaban J connectivity index is 1.92. The van der Waals surface area contributed by atoms with Crippen LogP contribution in [0.15, 0.2) is 53.4 Å². The van der Waals surface area contributed by atoms with E-state index in [-0.39, 0.29) is 29.2 Å². The number of amides is 3. The SMILES string of the molecule is CS(=O)(=O)c1ccc(-c2nn3c(c2C(N)=O)C(c2ccc(C#N)cc2)N(C(N)=O)CC3)cc1. The molecule has 4 N–H and O–H groups in total. The molecule has 2 aromatic carbocycles. The van der Waals surface area contributed by atoms with E-state index in [0.29, 0.717) is 22.4 Å². The molecule has 3 aromatic rings. The number of aromatic nitrogens is 2. The fourth-order valence-corrected chi connectivity index (χ4v) is 4.65. The van der Waals surface area contributed by atoms with Gasteiger partial charge in [0.25, 0.3) is 5.91 Å². The van der Waals surface area contributed by atoms with Crippen LogP contribution in [0.5, 0.6) is 0 Å². The summed E-state index contributed by atoms with van der Waals surface area (Å²) >= 11 is 0. The molecular formula is C22H20N6O4S. The third-order valence-electron chi connectivity index (χ3n) is 5.56. The van der Waals surface area contributed by atoms with Crippen molar-refractivity contribution in [3.8, 4) is 17.3 Å². The van der Waals surface area contributed by atoms with Crippen molar-refractivity contribution in [2.45, 2.75) is 17.5 Å². The number of carbonyl (C=O) groups is 2. The summed E-state index contributed by atoms with van der Waals surface area (Å²) in [6, 6.07) is 13.2. The molecule has 0 aliphatic carbocycles. The largest absolute Gasteiger partial charge is 0.365 e. The first kappa shape index (κ1) is 22.0. The van der Waals surface area contributed by atoms with Crippen LogP contribution in [0.25, 0.3) is 11.3 Å². The van der Waals surface area contributed by atoms with Crippen molar-refractivity contribution in [1.82, 2.24) is 14.7 Å². The molecule has 2 heterocycles. The van der Waals surface area contributed by atoms with Gasteiger partial charge in [-0.15, -0.1) is 0 Å². The van der Waals surface area contributed by atoms with Crippen LogP contribution in [0, 0.1) is 11.3 Å². The van der Waals surface area contributed by atoms with Crippen LogP contribution in [0.1, 0.15) is 33.2 Å². The maximum atomic E-state index is 12.6. The van der Waals surface area contributed by atoms with Crippen LogP contribution >= 0.6 is 0 Å². The molecule has 0 saturated heterocycles. The van der Waals surface area contributed by atoms with Gasteiger partial charge in [-0.05, 0) is 29.8 Å². The average Bonchev–Trinajstić information content (AvgIpc) is 3.18. The predicted molar refractivity (Wildman–Crippen MR) is 119 cm³/mol. The number of nitrogens with zero attached hydrogens (tertiary/aromatic N) is 4. The van der Waals surface area contributed by atoms with Gasteiger partial charge in [-0.1, -0.05) is 24.3 Å². The zero-order valence-corrected chi connectivity index (χ0v) is 18.4. The van der Waals surface area contributed by atoms with Crippen molar-refractivity contribution in [2.75, 3.05) is 12.8 Å². The van der Waals surface area contributed by atoms with Crippen molar-refractivity contribution >= 4 is 21.8 Å². The van der Waals surface area contributed by atoms with Crippen LogP contribution in [-0.2, 0) is 16.4 Å². The number of fused-ring (bicyclic) bond motifs is 1. The van der Waals surface area contributed by atoms with Crippen molar-refractivity contribution in [1.29, 1.82) is 5.26 Å². The number of primary amides is 2. The lowest BCUT2D eigenvalue weighted by molar-refractivity contribution is 0.0995. The Morgan fingerprint density at radius 3 is 2.21 bits per heavy atom. The molecule has 33 heavy (non-hydrogen) atoms. The number of carbonyl (C=O) groups excluding carboxylic acids is 2. The van der Waals surface area contributed by atoms with E-state index in [4.69, 9.17) is 16.7 Å². The normalized spacial score (nSPS) is 15.5. The minimum atomic E-state index is -3.40. The molecule has 3 amide bonds. The molecule has 1 atom stereocenters. The quantitative estimate of drug-likeness (QED) is 0.592. The standard InChI is InChI=1S/C22H20N6O4S/c1-33(31,32)16-8-6-14(7-9-16)18-17(21(24)29)20-19(15-4-2-13(12-23)3-5-15)27(22(25)30)10-11-28(20)26-18/h2-9,19H,10-11H2,1H3,(H2,24,29)(H2,25,30). The summed E-state index contributed by atoms with van der Waals surface area (Å²) in [6.07, 6.45) is 1.10. The molecule has 1 unspecified atom stereocenters. The maximum Gasteiger partial charge on any atom is 0.315 e. The van der Waals surface area contributed by atoms with Gasteiger partial charge >= 0.3 is 6.03 Å². The fraction of sp³-hybridized carbons (Fsp3) is 0.182. The van der Waals surface area contributed by atoms with Crippen molar-refractivity contribution in [2.24, 2.45) is 11.5 Å². The highest BCUT2D eigenvalue weighted by atomic mass is 32.2. The first-order valence-electron chi connectivity index (χ1n) is 9.89. The van der Waals surface area contributed by atoms with E-state index >= 15 is 0 Å². The van der Waals surface area contributed by atoms with E-state index in [1.807, 2.05) is 6.07 Å². The highest BCUT2D eigenvalue weighted by Crippen LogP contribution is 2.38. The van der Waals surface area contributed by atoms with Gasteiger partial charge < -0.3 is 16.4 Å². The Hall–Kier alpha value is -4.17. The molecule has 0 radical (unpaired) electrons. The maximum absolute atomic E-state index is 12.6. The number of sulfone groups is 1. The van der Waals surface area contributed by atoms with Crippen molar-refractivity contribution in [3.63, 3.8) is 0 Å². The minimum Gasteiger partial charge on any atom is -0.365 e. The molecule has 11 heteroatoms. The topological polar surface area (TPSA) is 165 Å². The number of rotatable bonds is 4. The van der Waals surface area contributed by atoms with E-state index < -0.39 is 27.8 Å². The van der Waals surface area contributed by atoms with Gasteiger partial charge in [0, 0.05) is 18.4 Å². The second-order valence-electron chi connectivity index (χ2n) is 7.66. The summed E-state index contributed by atoms with van der Waals surface area (Å²) in [5.41, 5.74) is 13.8. The molecule has 1 aromatic heterocycles. The monoisotopic (exact) mass is 464 g/mol. The molecule has 4 rings (SSSR count). The van der Waals surface area contributed by atoms with E-state index in [9.17, 15) is 18.0 Å². The number of nitrogens with two attached hydrogens (primary N) is 2. The van der Waals surface area contributed by atoms with Crippen LogP contribution in [0.4, 0.5) is 4.79 Å². The van der Waals surface area contributed by atoms with Crippen molar-refractivity contribution < 1.29 is 18.0 Å². The van der Waals surface area contributed by atoms with Gasteiger partial charge in [-0.2, -0.15) is 10.4 Å². The van der Waals surface area contributed by atoms with Crippen molar-refractivity contribution in [3.05, 3.63) is 70.9 Å². The molecule has 1 aliphatic heterocycles. The smallest absolute Gasteiger partial charge is 0.315 e. The van der Waals surface area contributed by atoms with E-state index in [1.165, 1.54) is 17.0 Å². The number of urea groups is 1. The first-order valence-corrected chi connectivity index (χ1v) is 11.8. The summed E-state index contributed by atoms with van der Waals surface area (Å²) in [5.74, 6) is -0.747. The lowest BCUT2D eigenvalue weighted by Gasteiger charge is -2.35. The van der Waals surface area contributed by atoms with Gasteiger partial charge in [-0.3, -0.25) is 9.48 Å². The lowest BCUT2D eigenvalue weighted by atomic mass is 9.94. The number of hydrogen-bond donors (Lipinski definition) is 2. The minimum absolute atomic E-state index is 0.113. The Morgan fingerprint density at radius 1 is 1.06 bits per heavy atom. The third-order valence-corrected chi connectivity index (χ3v) is 6.68. The number of nitriles is 1. The summed E-state index contributed by atoms with van der Waals surface area (Å²) < 4.78 is 25.2. The number of hydrogen-bond acceptors (Lipinski definition) is 6. The van der Waals surface area contributed by atoms with Gasteiger partial charge in [0.05, 0.1) is 34.3 Å². The summed E-state index contributed by atoms with van der Waals surface area (Å²) in [5, 5.41) is 13.7. The highest BCUT2D eigenvalue weighted by molar-refractivity contribution is 7.90. The Kier molecular flexibility index (Phi) is 5.39. The van der Waals surface area contributed by atoms with E-state index in [0.717, 1.165) is 6.26 Å². The van der Waals surface area contributed by atoms with Gasteiger partial charge in [0.15, 0.2) is 9.84 Å². The molecule has 0 bridgehead atoms. The van der Waals surface area contributed by atoms with E-state index in [1.54, 1.807) is 41.1 Å². The fourth-order valence-electron chi connectivity index (χ4n) is 4.02. The molecule has 168 valence electrons. The van der Waals surface area contributed by atoms with Gasteiger partial charge in [0.1, 0.15) is 11.7 Å². The number of benzene rings is 2. The molecule has 0 spiro atoms. The zero-order chi connectivity index (χ0) is 23.9. The second kappa shape index (κ2) is 8.07. The highest BCUT2D eigenvalue weighted by Gasteiger charge is 2.37. The average molecular weight is 465 g/mol. The van der Waals surface area contributed by atoms with Gasteiger partial charge in [0.2, 0.25) is 0 Å². The molecule has 1 aliphatic rings. The lowest BCUT2D eigenvalue weighted by Crippen LogP contribution is -2.46. The molecular weight excluding hydrogens is 444 g/mol. The van der Waals surface area contributed by atoms with E-state index in [2.05, 4.69) is 5.10 Å². The first-order chi connectivity index (χ1) is 15.6. The van der Waals surface area contributed by atoms with Gasteiger partial charge in [-0.25, -0.2) is 13.2 Å². The van der Waals surface area contributed by atoms with Crippen LogP contribution in [0.2, 0.25) is 0 Å². The molecule has 0 saturated carbocycles. The zero-order valence-electron chi connectivity index (χ0n) is 17.6. The molecule has 10 nitrogen and oxygen atoms in total. The van der Waals surface area contributed by atoms with Crippen LogP contribution in [0.3, 0.4) is 0 Å². The summed E-state index contributed by atoms with van der Waals surface area (Å²) in [4.78, 5) is 26.4. The second-order valence-corrected chi connectivity index (χ2v) is 9.68. The van der Waals surface area contributed by atoms with Crippen LogP contribution < -0.4 is 11.5 Å². The predicted octanol–water partition coefficient (Wildman–Crippen LogP) is 1.41. The summed E-state index contributed by atoms with van der Waals surface area (Å²) in [7, 11) is -3.40. The van der Waals surface area contributed by atoms with Crippen LogP contribution in [-0.4, -0.2) is 47.8 Å². The Labute approximate surface area is 189 Å².